The number of nitrogens with one attached hydrogen (secondary N) is 2. The van der Waals surface area contributed by atoms with Gasteiger partial charge in [0.05, 0.1) is 10.9 Å². The smallest absolute Gasteiger partial charge is 0.236 e. The third-order valence-corrected chi connectivity index (χ3v) is 4.95. The van der Waals surface area contributed by atoms with Crippen LogP contribution in [0.2, 0.25) is 0 Å². The summed E-state index contributed by atoms with van der Waals surface area (Å²) in [5.74, 6) is 0.280. The van der Waals surface area contributed by atoms with Gasteiger partial charge in [0.15, 0.2) is 0 Å². The molecule has 1 aromatic carbocycles. The Balaban J connectivity index is 2.80. The average Bonchev–Trinajstić information content (AvgIpc) is 2.38. The molecular formula is C15H26N2O2S. The van der Waals surface area contributed by atoms with E-state index >= 15 is 0 Å². The van der Waals surface area contributed by atoms with E-state index in [0.29, 0.717) is 12.2 Å². The van der Waals surface area contributed by atoms with Gasteiger partial charge in [-0.2, -0.15) is 0 Å². The van der Waals surface area contributed by atoms with E-state index in [1.807, 2.05) is 24.3 Å². The molecule has 2 N–H and O–H groups in total. The van der Waals surface area contributed by atoms with Crippen molar-refractivity contribution in [1.29, 1.82) is 0 Å². The first kappa shape index (κ1) is 17.0. The predicted molar refractivity (Wildman–Crippen MR) is 85.7 cm³/mol. The maximum absolute atomic E-state index is 12.3. The van der Waals surface area contributed by atoms with Crippen LogP contribution in [0, 0.1) is 0 Å². The van der Waals surface area contributed by atoms with E-state index in [1.54, 1.807) is 6.92 Å². The van der Waals surface area contributed by atoms with Gasteiger partial charge >= 0.3 is 0 Å². The molecule has 0 amide bonds. The molecule has 20 heavy (non-hydrogen) atoms. The molecule has 0 saturated carbocycles. The van der Waals surface area contributed by atoms with Crippen molar-refractivity contribution < 1.29 is 8.42 Å². The van der Waals surface area contributed by atoms with E-state index in [0.717, 1.165) is 18.5 Å². The fourth-order valence-electron chi connectivity index (χ4n) is 1.94. The van der Waals surface area contributed by atoms with Crippen molar-refractivity contribution in [1.82, 2.24) is 5.32 Å². The number of para-hydroxylation sites is 1. The first-order valence-electron chi connectivity index (χ1n) is 7.19. The zero-order valence-corrected chi connectivity index (χ0v) is 13.6. The molecule has 4 nitrogen and oxygen atoms in total. The number of hydrogen-bond acceptors (Lipinski definition) is 3. The molecule has 0 aliphatic rings. The Morgan fingerprint density at radius 3 is 2.40 bits per heavy atom. The average molecular weight is 298 g/mol. The zero-order chi connectivity index (χ0) is 15.2. The minimum Gasteiger partial charge on any atom is -0.315 e. The minimum absolute atomic E-state index is 0.280. The largest absolute Gasteiger partial charge is 0.315 e. The highest BCUT2D eigenvalue weighted by atomic mass is 32.2. The van der Waals surface area contributed by atoms with Crippen molar-refractivity contribution >= 4 is 15.7 Å². The molecule has 1 unspecified atom stereocenters. The standard InChI is InChI=1S/C15H26N2O2S/c1-5-10-16-11-13(4)20(18,19)17-15-9-7-6-8-14(15)12(2)3/h6-9,12-13,16-17H,5,10-11H2,1-4H3. The van der Waals surface area contributed by atoms with Crippen LogP contribution in [-0.4, -0.2) is 26.8 Å². The van der Waals surface area contributed by atoms with E-state index < -0.39 is 15.3 Å². The Morgan fingerprint density at radius 1 is 1.15 bits per heavy atom. The van der Waals surface area contributed by atoms with Crippen molar-refractivity contribution in [3.8, 4) is 0 Å². The summed E-state index contributed by atoms with van der Waals surface area (Å²) in [6.07, 6.45) is 0.996. The van der Waals surface area contributed by atoms with E-state index in [1.165, 1.54) is 0 Å². The summed E-state index contributed by atoms with van der Waals surface area (Å²) in [4.78, 5) is 0. The first-order valence-corrected chi connectivity index (χ1v) is 8.74. The van der Waals surface area contributed by atoms with Gasteiger partial charge in [0.1, 0.15) is 0 Å². The molecule has 1 aromatic rings. The second-order valence-corrected chi connectivity index (χ2v) is 7.50. The molecule has 0 bridgehead atoms. The van der Waals surface area contributed by atoms with Crippen LogP contribution in [0.4, 0.5) is 5.69 Å². The normalized spacial score (nSPS) is 13.4. The Hall–Kier alpha value is -1.07. The maximum Gasteiger partial charge on any atom is 0.236 e. The first-order chi connectivity index (χ1) is 9.38. The summed E-state index contributed by atoms with van der Waals surface area (Å²) in [5.41, 5.74) is 1.70. The molecule has 0 radical (unpaired) electrons. The Bertz CT molecular complexity index is 512. The summed E-state index contributed by atoms with van der Waals surface area (Å²) in [6, 6.07) is 7.56. The van der Waals surface area contributed by atoms with Crippen LogP contribution in [0.3, 0.4) is 0 Å². The highest BCUT2D eigenvalue weighted by Crippen LogP contribution is 2.25. The number of rotatable bonds is 8. The lowest BCUT2D eigenvalue weighted by Gasteiger charge is -2.18. The van der Waals surface area contributed by atoms with Crippen molar-refractivity contribution in [3.63, 3.8) is 0 Å². The van der Waals surface area contributed by atoms with Crippen LogP contribution in [-0.2, 0) is 10.0 Å². The van der Waals surface area contributed by atoms with Crippen molar-refractivity contribution in [2.75, 3.05) is 17.8 Å². The molecule has 1 atom stereocenters. The summed E-state index contributed by atoms with van der Waals surface area (Å²) >= 11 is 0. The molecular weight excluding hydrogens is 272 g/mol. The zero-order valence-electron chi connectivity index (χ0n) is 12.8. The van der Waals surface area contributed by atoms with E-state index in [4.69, 9.17) is 0 Å². The molecule has 0 aliphatic heterocycles. The lowest BCUT2D eigenvalue weighted by Crippen LogP contribution is -2.35. The van der Waals surface area contributed by atoms with Gasteiger partial charge < -0.3 is 5.32 Å². The van der Waals surface area contributed by atoms with Gasteiger partial charge in [0.2, 0.25) is 10.0 Å². The lowest BCUT2D eigenvalue weighted by molar-refractivity contribution is 0.575. The SMILES string of the molecule is CCCNCC(C)S(=O)(=O)Nc1ccccc1C(C)C. The van der Waals surface area contributed by atoms with Gasteiger partial charge in [-0.25, -0.2) is 8.42 Å². The van der Waals surface area contributed by atoms with Gasteiger partial charge in [0, 0.05) is 6.54 Å². The molecule has 5 heteroatoms. The fourth-order valence-corrected chi connectivity index (χ4v) is 2.97. The molecule has 0 aliphatic carbocycles. The molecule has 0 fully saturated rings. The van der Waals surface area contributed by atoms with Crippen molar-refractivity contribution in [2.45, 2.75) is 45.3 Å². The van der Waals surface area contributed by atoms with Gasteiger partial charge in [-0.1, -0.05) is 39.0 Å². The number of sulfonamides is 1. The Kier molecular flexibility index (Phi) is 6.49. The molecule has 114 valence electrons. The second kappa shape index (κ2) is 7.64. The quantitative estimate of drug-likeness (QED) is 0.725. The number of hydrogen-bond donors (Lipinski definition) is 2. The fraction of sp³-hybridized carbons (Fsp3) is 0.600. The van der Waals surface area contributed by atoms with Crippen LogP contribution >= 0.6 is 0 Å². The Morgan fingerprint density at radius 2 is 1.80 bits per heavy atom. The molecule has 0 spiro atoms. The van der Waals surface area contributed by atoms with E-state index in [-0.39, 0.29) is 5.92 Å². The van der Waals surface area contributed by atoms with Gasteiger partial charge in [-0.05, 0) is 37.4 Å². The minimum atomic E-state index is -3.36. The van der Waals surface area contributed by atoms with E-state index in [9.17, 15) is 8.42 Å². The van der Waals surface area contributed by atoms with Crippen LogP contribution in [0.25, 0.3) is 0 Å². The summed E-state index contributed by atoms with van der Waals surface area (Å²) in [7, 11) is -3.36. The van der Waals surface area contributed by atoms with Crippen LogP contribution < -0.4 is 10.0 Å². The van der Waals surface area contributed by atoms with Gasteiger partial charge in [-0.3, -0.25) is 4.72 Å². The molecule has 0 saturated heterocycles. The molecule has 0 heterocycles. The van der Waals surface area contributed by atoms with Crippen molar-refractivity contribution in [2.24, 2.45) is 0 Å². The second-order valence-electron chi connectivity index (χ2n) is 5.40. The predicted octanol–water partition coefficient (Wildman–Crippen LogP) is 2.94. The van der Waals surface area contributed by atoms with E-state index in [2.05, 4.69) is 30.8 Å². The van der Waals surface area contributed by atoms with Crippen LogP contribution in [0.15, 0.2) is 24.3 Å². The molecule has 0 aromatic heterocycles. The highest BCUT2D eigenvalue weighted by molar-refractivity contribution is 7.93. The topological polar surface area (TPSA) is 58.2 Å². The van der Waals surface area contributed by atoms with Crippen molar-refractivity contribution in [3.05, 3.63) is 29.8 Å². The third-order valence-electron chi connectivity index (χ3n) is 3.22. The van der Waals surface area contributed by atoms with Gasteiger partial charge in [0.25, 0.3) is 0 Å². The van der Waals surface area contributed by atoms with Gasteiger partial charge in [-0.15, -0.1) is 0 Å². The lowest BCUT2D eigenvalue weighted by atomic mass is 10.0. The number of anilines is 1. The summed E-state index contributed by atoms with van der Waals surface area (Å²) < 4.78 is 27.4. The summed E-state index contributed by atoms with van der Waals surface area (Å²) in [5, 5.41) is 2.68. The number of benzene rings is 1. The Labute approximate surface area is 123 Å². The van der Waals surface area contributed by atoms with Crippen LogP contribution in [0.1, 0.15) is 45.6 Å². The maximum atomic E-state index is 12.3. The monoisotopic (exact) mass is 298 g/mol. The van der Waals surface area contributed by atoms with Crippen LogP contribution in [0.5, 0.6) is 0 Å². The summed E-state index contributed by atoms with van der Waals surface area (Å²) in [6.45, 7) is 9.19. The highest BCUT2D eigenvalue weighted by Gasteiger charge is 2.21. The third kappa shape index (κ3) is 4.80. The molecule has 1 rings (SSSR count).